The zero-order valence-corrected chi connectivity index (χ0v) is 17.2. The number of aromatic nitrogens is 1. The minimum atomic E-state index is -0.589. The maximum absolute atomic E-state index is 14.6. The lowest BCUT2D eigenvalue weighted by Gasteiger charge is -2.18. The molecule has 0 saturated carbocycles. The van der Waals surface area contributed by atoms with Gasteiger partial charge in [0.05, 0.1) is 5.69 Å². The van der Waals surface area contributed by atoms with Gasteiger partial charge in [0.2, 0.25) is 11.9 Å². The van der Waals surface area contributed by atoms with Crippen molar-refractivity contribution in [3.05, 3.63) is 77.6 Å². The third-order valence-electron chi connectivity index (χ3n) is 5.05. The van der Waals surface area contributed by atoms with E-state index in [1.54, 1.807) is 31.2 Å². The SMILES string of the molecule is CCC(=O)N(C)c1ccc(-c2ccc(C(=O)CCc3ccc(F)nc3)cc2O)cc1F. The summed E-state index contributed by atoms with van der Waals surface area (Å²) in [7, 11) is 1.50. The molecule has 0 aliphatic rings. The van der Waals surface area contributed by atoms with Crippen LogP contribution in [0.2, 0.25) is 0 Å². The quantitative estimate of drug-likeness (QED) is 0.432. The Kier molecular flexibility index (Phi) is 6.74. The van der Waals surface area contributed by atoms with Crippen LogP contribution in [0.5, 0.6) is 5.75 Å². The number of phenolic OH excluding ortho intramolecular Hbond substituents is 1. The van der Waals surface area contributed by atoms with Crippen LogP contribution in [-0.4, -0.2) is 28.8 Å². The van der Waals surface area contributed by atoms with Crippen LogP contribution < -0.4 is 4.90 Å². The molecule has 160 valence electrons. The summed E-state index contributed by atoms with van der Waals surface area (Å²) in [6, 6.07) is 11.6. The summed E-state index contributed by atoms with van der Waals surface area (Å²) in [5.74, 6) is -1.72. The minimum absolute atomic E-state index is 0.150. The van der Waals surface area contributed by atoms with Gasteiger partial charge in [-0.1, -0.05) is 25.1 Å². The van der Waals surface area contributed by atoms with Gasteiger partial charge in [-0.25, -0.2) is 9.37 Å². The summed E-state index contributed by atoms with van der Waals surface area (Å²) in [5, 5.41) is 10.4. The standard InChI is InChI=1S/C24H22F2N2O3/c1-3-24(31)28(2)20-9-7-16(12-19(20)25)18-8-6-17(13-22(18)30)21(29)10-4-15-5-11-23(26)27-14-15/h5-9,11-14,30H,3-4,10H2,1-2H3. The van der Waals surface area contributed by atoms with Crippen molar-refractivity contribution >= 4 is 17.4 Å². The molecule has 0 saturated heterocycles. The van der Waals surface area contributed by atoms with Gasteiger partial charge in [0, 0.05) is 37.2 Å². The summed E-state index contributed by atoms with van der Waals surface area (Å²) in [5.41, 5.74) is 2.00. The molecule has 2 aromatic carbocycles. The Morgan fingerprint density at radius 1 is 1.06 bits per heavy atom. The lowest BCUT2D eigenvalue weighted by Crippen LogP contribution is -2.25. The van der Waals surface area contributed by atoms with Gasteiger partial charge < -0.3 is 10.0 Å². The molecule has 1 heterocycles. The molecule has 7 heteroatoms. The number of rotatable bonds is 7. The van der Waals surface area contributed by atoms with E-state index in [2.05, 4.69) is 4.98 Å². The molecule has 5 nitrogen and oxygen atoms in total. The maximum atomic E-state index is 14.6. The molecule has 0 atom stereocenters. The number of ketones is 1. The summed E-state index contributed by atoms with van der Waals surface area (Å²) < 4.78 is 27.4. The Morgan fingerprint density at radius 2 is 1.84 bits per heavy atom. The number of benzene rings is 2. The number of phenols is 1. The summed E-state index contributed by atoms with van der Waals surface area (Å²) in [6.07, 6.45) is 2.21. The number of Topliss-reactive ketones (excluding diaryl/α,β-unsaturated/α-hetero) is 1. The van der Waals surface area contributed by atoms with Crippen molar-refractivity contribution in [2.24, 2.45) is 0 Å². The van der Waals surface area contributed by atoms with Crippen LogP contribution in [0.1, 0.15) is 35.7 Å². The predicted octanol–water partition coefficient (Wildman–Crippen LogP) is 4.92. The van der Waals surface area contributed by atoms with Gasteiger partial charge >= 0.3 is 0 Å². The maximum Gasteiger partial charge on any atom is 0.226 e. The first kappa shape index (κ1) is 22.1. The molecule has 3 rings (SSSR count). The molecule has 31 heavy (non-hydrogen) atoms. The average molecular weight is 424 g/mol. The smallest absolute Gasteiger partial charge is 0.226 e. The number of hydrogen-bond donors (Lipinski definition) is 1. The largest absolute Gasteiger partial charge is 0.507 e. The number of nitrogens with zero attached hydrogens (tertiary/aromatic N) is 2. The van der Waals surface area contributed by atoms with Crippen molar-refractivity contribution in [3.63, 3.8) is 0 Å². The van der Waals surface area contributed by atoms with Crippen molar-refractivity contribution in [1.82, 2.24) is 4.98 Å². The van der Waals surface area contributed by atoms with E-state index in [9.17, 15) is 23.5 Å². The van der Waals surface area contributed by atoms with Crippen LogP contribution in [0.25, 0.3) is 11.1 Å². The second-order valence-electron chi connectivity index (χ2n) is 7.12. The van der Waals surface area contributed by atoms with Gasteiger partial charge in [0.25, 0.3) is 0 Å². The Labute approximate surface area is 179 Å². The Balaban J connectivity index is 1.75. The van der Waals surface area contributed by atoms with Crippen LogP contribution in [0, 0.1) is 11.8 Å². The Morgan fingerprint density at radius 3 is 2.45 bits per heavy atom. The monoisotopic (exact) mass is 424 g/mol. The van der Waals surface area contributed by atoms with Gasteiger partial charge in [0.1, 0.15) is 11.6 Å². The lowest BCUT2D eigenvalue weighted by atomic mass is 9.98. The second-order valence-corrected chi connectivity index (χ2v) is 7.12. The zero-order valence-electron chi connectivity index (χ0n) is 17.2. The average Bonchev–Trinajstić information content (AvgIpc) is 2.77. The topological polar surface area (TPSA) is 70.5 Å². The molecule has 0 aliphatic carbocycles. The molecule has 0 fully saturated rings. The fraction of sp³-hybridized carbons (Fsp3) is 0.208. The van der Waals surface area contributed by atoms with E-state index in [0.717, 1.165) is 5.56 Å². The van der Waals surface area contributed by atoms with Crippen LogP contribution in [-0.2, 0) is 11.2 Å². The van der Waals surface area contributed by atoms with Crippen molar-refractivity contribution < 1.29 is 23.5 Å². The molecular weight excluding hydrogens is 402 g/mol. The molecule has 1 amide bonds. The van der Waals surface area contributed by atoms with Gasteiger partial charge in [-0.05, 0) is 47.9 Å². The van der Waals surface area contributed by atoms with E-state index in [-0.39, 0.29) is 36.0 Å². The highest BCUT2D eigenvalue weighted by Crippen LogP contribution is 2.33. The van der Waals surface area contributed by atoms with E-state index < -0.39 is 11.8 Å². The number of pyridine rings is 1. The zero-order chi connectivity index (χ0) is 22.5. The first-order chi connectivity index (χ1) is 14.8. The Hall–Kier alpha value is -3.61. The second kappa shape index (κ2) is 9.47. The highest BCUT2D eigenvalue weighted by Gasteiger charge is 2.16. The Bertz CT molecular complexity index is 1110. The minimum Gasteiger partial charge on any atom is -0.507 e. The van der Waals surface area contributed by atoms with E-state index in [1.165, 1.54) is 42.4 Å². The number of halogens is 2. The molecule has 0 spiro atoms. The number of aromatic hydroxyl groups is 1. The highest BCUT2D eigenvalue weighted by molar-refractivity contribution is 5.97. The van der Waals surface area contributed by atoms with Gasteiger partial charge in [-0.15, -0.1) is 0 Å². The van der Waals surface area contributed by atoms with Crippen LogP contribution in [0.3, 0.4) is 0 Å². The van der Waals surface area contributed by atoms with Gasteiger partial charge in [-0.2, -0.15) is 4.39 Å². The fourth-order valence-electron chi connectivity index (χ4n) is 3.22. The number of anilines is 1. The van der Waals surface area contributed by atoms with Crippen molar-refractivity contribution in [2.45, 2.75) is 26.2 Å². The van der Waals surface area contributed by atoms with Crippen LogP contribution in [0.15, 0.2) is 54.7 Å². The normalized spacial score (nSPS) is 10.7. The molecule has 1 aromatic heterocycles. The van der Waals surface area contributed by atoms with Crippen molar-refractivity contribution in [3.8, 4) is 16.9 Å². The third-order valence-corrected chi connectivity index (χ3v) is 5.05. The van der Waals surface area contributed by atoms with Crippen molar-refractivity contribution in [1.29, 1.82) is 0 Å². The highest BCUT2D eigenvalue weighted by atomic mass is 19.1. The number of hydrogen-bond acceptors (Lipinski definition) is 4. The molecule has 1 N–H and O–H groups in total. The van der Waals surface area contributed by atoms with E-state index >= 15 is 0 Å². The van der Waals surface area contributed by atoms with Crippen LogP contribution in [0.4, 0.5) is 14.5 Å². The first-order valence-electron chi connectivity index (χ1n) is 9.83. The predicted molar refractivity (Wildman–Crippen MR) is 114 cm³/mol. The van der Waals surface area contributed by atoms with Crippen molar-refractivity contribution in [2.75, 3.05) is 11.9 Å². The fourth-order valence-corrected chi connectivity index (χ4v) is 3.22. The number of carbonyl (C=O) groups excluding carboxylic acids is 2. The third kappa shape index (κ3) is 5.12. The number of carbonyl (C=O) groups is 2. The summed E-state index contributed by atoms with van der Waals surface area (Å²) in [6.45, 7) is 1.70. The van der Waals surface area contributed by atoms with Gasteiger partial charge in [-0.3, -0.25) is 9.59 Å². The van der Waals surface area contributed by atoms with Crippen LogP contribution >= 0.6 is 0 Å². The number of amides is 1. The van der Waals surface area contributed by atoms with E-state index in [1.807, 2.05) is 0 Å². The molecule has 0 radical (unpaired) electrons. The number of aryl methyl sites for hydroxylation is 1. The van der Waals surface area contributed by atoms with E-state index in [4.69, 9.17) is 0 Å². The first-order valence-corrected chi connectivity index (χ1v) is 9.83. The van der Waals surface area contributed by atoms with Gasteiger partial charge in [0.15, 0.2) is 5.78 Å². The molecule has 0 bridgehead atoms. The molecule has 3 aromatic rings. The summed E-state index contributed by atoms with van der Waals surface area (Å²) >= 11 is 0. The molecular formula is C24H22F2N2O3. The lowest BCUT2D eigenvalue weighted by molar-refractivity contribution is -0.118. The molecule has 0 unspecified atom stereocenters. The molecule has 0 aliphatic heterocycles. The van der Waals surface area contributed by atoms with E-state index in [0.29, 0.717) is 23.1 Å². The summed E-state index contributed by atoms with van der Waals surface area (Å²) in [4.78, 5) is 29.1.